The molecule has 0 unspecified atom stereocenters. The topological polar surface area (TPSA) is 57.5 Å². The summed E-state index contributed by atoms with van der Waals surface area (Å²) in [6.45, 7) is 9.16. The highest BCUT2D eigenvalue weighted by atomic mass is 16.3. The van der Waals surface area contributed by atoms with E-state index in [1.807, 2.05) is 0 Å². The first-order valence-corrected chi connectivity index (χ1v) is 12.5. The average molecular weight is 403 g/mol. The van der Waals surface area contributed by atoms with Crippen molar-refractivity contribution in [1.29, 1.82) is 0 Å². The number of carbonyl (C=O) groups is 1. The second kappa shape index (κ2) is 6.31. The van der Waals surface area contributed by atoms with Crippen molar-refractivity contribution >= 4 is 5.78 Å². The van der Waals surface area contributed by atoms with Crippen molar-refractivity contribution in [3.63, 3.8) is 0 Å². The lowest BCUT2D eigenvalue weighted by Crippen LogP contribution is -2.59. The molecule has 5 fully saturated rings. The molecule has 0 aliphatic heterocycles. The third-order valence-corrected chi connectivity index (χ3v) is 11.4. The van der Waals surface area contributed by atoms with E-state index in [2.05, 4.69) is 27.7 Å². The maximum absolute atomic E-state index is 13.8. The van der Waals surface area contributed by atoms with E-state index in [0.29, 0.717) is 35.4 Å². The molecule has 0 heterocycles. The van der Waals surface area contributed by atoms with E-state index in [1.165, 1.54) is 25.7 Å². The summed E-state index contributed by atoms with van der Waals surface area (Å²) < 4.78 is 0. The Labute approximate surface area is 177 Å². The van der Waals surface area contributed by atoms with Crippen molar-refractivity contribution in [3.8, 4) is 0 Å². The van der Waals surface area contributed by atoms with Crippen molar-refractivity contribution in [3.05, 3.63) is 0 Å². The standard InChI is InChI=1S/C26H42O3/c1-5-25(28)11-10-23(3)17(14-25)6-7-18-20-9-8-19(16(2)26(29)12-13-26)24(20,4)15-21(27)22(18)23/h16-20,22,28-29H,5-15H2,1-4H3/t16-,17-,18-,19+,20-,22+,23-,24+,25-/m0/s1. The summed E-state index contributed by atoms with van der Waals surface area (Å²) in [4.78, 5) is 13.8. The van der Waals surface area contributed by atoms with Crippen molar-refractivity contribution in [2.24, 2.45) is 46.3 Å². The molecule has 164 valence electrons. The number of fused-ring (bicyclic) bond motifs is 5. The van der Waals surface area contributed by atoms with Gasteiger partial charge in [0.15, 0.2) is 0 Å². The molecule has 2 N–H and O–H groups in total. The molecule has 0 saturated heterocycles. The van der Waals surface area contributed by atoms with Crippen LogP contribution in [0.15, 0.2) is 0 Å². The van der Waals surface area contributed by atoms with Gasteiger partial charge in [0.2, 0.25) is 0 Å². The molecule has 0 aromatic carbocycles. The van der Waals surface area contributed by atoms with Gasteiger partial charge in [-0.05, 0) is 105 Å². The van der Waals surface area contributed by atoms with Gasteiger partial charge in [-0.3, -0.25) is 4.79 Å². The quantitative estimate of drug-likeness (QED) is 0.688. The van der Waals surface area contributed by atoms with Crippen LogP contribution in [0.2, 0.25) is 0 Å². The smallest absolute Gasteiger partial charge is 0.137 e. The minimum atomic E-state index is -0.503. The Morgan fingerprint density at radius 3 is 2.38 bits per heavy atom. The third kappa shape index (κ3) is 2.78. The molecule has 0 spiro atoms. The van der Waals surface area contributed by atoms with Gasteiger partial charge < -0.3 is 10.2 Å². The molecule has 5 saturated carbocycles. The molecule has 3 heteroatoms. The third-order valence-electron chi connectivity index (χ3n) is 11.4. The molecule has 5 aliphatic rings. The molecule has 0 amide bonds. The summed E-state index contributed by atoms with van der Waals surface area (Å²) in [7, 11) is 0. The summed E-state index contributed by atoms with van der Waals surface area (Å²) in [5.74, 6) is 3.21. The van der Waals surface area contributed by atoms with E-state index < -0.39 is 11.2 Å². The van der Waals surface area contributed by atoms with E-state index in [0.717, 1.165) is 44.9 Å². The van der Waals surface area contributed by atoms with Crippen molar-refractivity contribution in [2.45, 2.75) is 110 Å². The number of hydrogen-bond donors (Lipinski definition) is 2. The summed E-state index contributed by atoms with van der Waals surface area (Å²) in [6, 6.07) is 0. The predicted molar refractivity (Wildman–Crippen MR) is 114 cm³/mol. The Hall–Kier alpha value is -0.410. The van der Waals surface area contributed by atoms with Crippen LogP contribution in [0.3, 0.4) is 0 Å². The fourth-order valence-corrected chi connectivity index (χ4v) is 9.27. The van der Waals surface area contributed by atoms with Crippen LogP contribution in [-0.2, 0) is 4.79 Å². The molecule has 3 nitrogen and oxygen atoms in total. The van der Waals surface area contributed by atoms with Gasteiger partial charge in [0.25, 0.3) is 0 Å². The maximum atomic E-state index is 13.8. The van der Waals surface area contributed by atoms with Crippen LogP contribution in [0.4, 0.5) is 0 Å². The Morgan fingerprint density at radius 2 is 1.72 bits per heavy atom. The monoisotopic (exact) mass is 402 g/mol. The van der Waals surface area contributed by atoms with Crippen molar-refractivity contribution in [1.82, 2.24) is 0 Å². The lowest BCUT2D eigenvalue weighted by Gasteiger charge is -2.61. The molecular weight excluding hydrogens is 360 g/mol. The fourth-order valence-electron chi connectivity index (χ4n) is 9.27. The van der Waals surface area contributed by atoms with Crippen LogP contribution < -0.4 is 0 Å². The van der Waals surface area contributed by atoms with E-state index in [4.69, 9.17) is 0 Å². The normalized spacial score (nSPS) is 54.3. The van der Waals surface area contributed by atoms with E-state index in [-0.39, 0.29) is 16.7 Å². The van der Waals surface area contributed by atoms with Crippen LogP contribution in [0.25, 0.3) is 0 Å². The lowest BCUT2D eigenvalue weighted by atomic mass is 9.43. The lowest BCUT2D eigenvalue weighted by molar-refractivity contribution is -0.171. The highest BCUT2D eigenvalue weighted by molar-refractivity contribution is 5.84. The van der Waals surface area contributed by atoms with Gasteiger partial charge in [0.05, 0.1) is 11.2 Å². The molecule has 0 aromatic heterocycles. The molecule has 0 radical (unpaired) electrons. The van der Waals surface area contributed by atoms with E-state index in [9.17, 15) is 15.0 Å². The van der Waals surface area contributed by atoms with Crippen molar-refractivity contribution < 1.29 is 15.0 Å². The number of hydrogen-bond acceptors (Lipinski definition) is 3. The first kappa shape index (κ1) is 20.5. The van der Waals surface area contributed by atoms with Gasteiger partial charge in [0.1, 0.15) is 5.78 Å². The number of Topliss-reactive ketones (excluding diaryl/α,β-unsaturated/α-hetero) is 1. The van der Waals surface area contributed by atoms with Gasteiger partial charge in [0, 0.05) is 12.3 Å². The average Bonchev–Trinajstić information content (AvgIpc) is 3.33. The number of carbonyl (C=O) groups excluding carboxylic acids is 1. The van der Waals surface area contributed by atoms with E-state index in [1.54, 1.807) is 0 Å². The van der Waals surface area contributed by atoms with Gasteiger partial charge in [-0.2, -0.15) is 0 Å². The summed E-state index contributed by atoms with van der Waals surface area (Å²) in [5, 5.41) is 21.8. The second-order valence-corrected chi connectivity index (χ2v) is 12.5. The molecule has 0 aromatic rings. The van der Waals surface area contributed by atoms with Gasteiger partial charge in [-0.15, -0.1) is 0 Å². The minimum absolute atomic E-state index is 0.0814. The first-order chi connectivity index (χ1) is 13.6. The Kier molecular flexibility index (Phi) is 4.46. The zero-order valence-corrected chi connectivity index (χ0v) is 19.0. The molecule has 0 bridgehead atoms. The van der Waals surface area contributed by atoms with Gasteiger partial charge >= 0.3 is 0 Å². The Balaban J connectivity index is 1.43. The number of aliphatic hydroxyl groups is 2. The first-order valence-electron chi connectivity index (χ1n) is 12.5. The summed E-state index contributed by atoms with van der Waals surface area (Å²) >= 11 is 0. The van der Waals surface area contributed by atoms with Crippen LogP contribution in [0.5, 0.6) is 0 Å². The van der Waals surface area contributed by atoms with Gasteiger partial charge in [-0.1, -0.05) is 27.7 Å². The van der Waals surface area contributed by atoms with E-state index >= 15 is 0 Å². The highest BCUT2D eigenvalue weighted by Gasteiger charge is 2.66. The summed E-state index contributed by atoms with van der Waals surface area (Å²) in [6.07, 6.45) is 11.0. The predicted octanol–water partition coefficient (Wildman–Crippen LogP) is 5.13. The fraction of sp³-hybridized carbons (Fsp3) is 0.962. The van der Waals surface area contributed by atoms with Crippen molar-refractivity contribution in [2.75, 3.05) is 0 Å². The number of rotatable bonds is 3. The maximum Gasteiger partial charge on any atom is 0.137 e. The largest absolute Gasteiger partial charge is 0.390 e. The molecule has 29 heavy (non-hydrogen) atoms. The van der Waals surface area contributed by atoms with Crippen LogP contribution in [0, 0.1) is 46.3 Å². The zero-order valence-electron chi connectivity index (χ0n) is 19.0. The van der Waals surface area contributed by atoms with Gasteiger partial charge in [-0.25, -0.2) is 0 Å². The highest BCUT2D eigenvalue weighted by Crippen LogP contribution is 2.69. The molecular formula is C26H42O3. The zero-order chi connectivity index (χ0) is 20.8. The Bertz CT molecular complexity index is 698. The Morgan fingerprint density at radius 1 is 1.00 bits per heavy atom. The van der Waals surface area contributed by atoms with Crippen LogP contribution in [-0.4, -0.2) is 27.2 Å². The number of ketones is 1. The summed E-state index contributed by atoms with van der Waals surface area (Å²) in [5.41, 5.74) is -0.782. The van der Waals surface area contributed by atoms with Crippen LogP contribution >= 0.6 is 0 Å². The molecule has 5 aliphatic carbocycles. The SMILES string of the molecule is CC[C@]1(O)CC[C@@]2(C)[C@@H](CC[C@H]3[C@@H]4CC[C@H]([C@H](C)C5(O)CC5)[C@@]4(C)CC(=O)[C@@H]32)C1. The molecule has 5 rings (SSSR count). The minimum Gasteiger partial charge on any atom is -0.390 e. The van der Waals surface area contributed by atoms with Crippen LogP contribution in [0.1, 0.15) is 98.3 Å². The molecule has 9 atom stereocenters. The second-order valence-electron chi connectivity index (χ2n) is 12.5.